The van der Waals surface area contributed by atoms with Crippen LogP contribution in [0.3, 0.4) is 0 Å². The number of amidine groups is 1. The van der Waals surface area contributed by atoms with Crippen molar-refractivity contribution in [1.29, 1.82) is 0 Å². The van der Waals surface area contributed by atoms with Gasteiger partial charge in [0.1, 0.15) is 11.9 Å². The first-order valence-electron chi connectivity index (χ1n) is 14.1. The Labute approximate surface area is 251 Å². The molecule has 3 aromatic carbocycles. The SMILES string of the molecule is C/N=N\C(=N/C)c1ccc2c(c1)CCCC(c1ccc(Cl)cc1Cl)=C2c1ccc(OC2CCN(CCCF)C2)cc1. The van der Waals surface area contributed by atoms with Crippen LogP contribution >= 0.6 is 23.2 Å². The van der Waals surface area contributed by atoms with Crippen LogP contribution in [-0.4, -0.2) is 57.2 Å². The summed E-state index contributed by atoms with van der Waals surface area (Å²) in [6, 6.07) is 20.5. The number of nitrogens with zero attached hydrogens (tertiary/aromatic N) is 4. The summed E-state index contributed by atoms with van der Waals surface area (Å²) in [5.74, 6) is 1.46. The van der Waals surface area contributed by atoms with Gasteiger partial charge in [0.25, 0.3) is 0 Å². The van der Waals surface area contributed by atoms with Crippen molar-refractivity contribution in [3.63, 3.8) is 0 Å². The minimum atomic E-state index is -0.274. The molecule has 214 valence electrons. The Hall–Kier alpha value is -3.06. The highest BCUT2D eigenvalue weighted by atomic mass is 35.5. The molecule has 0 amide bonds. The first-order valence-corrected chi connectivity index (χ1v) is 14.9. The molecule has 1 aliphatic carbocycles. The van der Waals surface area contributed by atoms with Crippen LogP contribution in [-0.2, 0) is 6.42 Å². The molecule has 5 nitrogen and oxygen atoms in total. The molecule has 0 bridgehead atoms. The molecule has 1 atom stereocenters. The third kappa shape index (κ3) is 6.88. The monoisotopic (exact) mass is 592 g/mol. The van der Waals surface area contributed by atoms with Gasteiger partial charge in [-0.1, -0.05) is 53.5 Å². The zero-order valence-electron chi connectivity index (χ0n) is 23.5. The molecule has 1 fully saturated rings. The van der Waals surface area contributed by atoms with Gasteiger partial charge in [-0.15, -0.1) is 5.11 Å². The van der Waals surface area contributed by atoms with Gasteiger partial charge in [0.15, 0.2) is 5.84 Å². The molecule has 1 heterocycles. The highest BCUT2D eigenvalue weighted by Gasteiger charge is 2.25. The molecule has 2 aliphatic rings. The van der Waals surface area contributed by atoms with Crippen molar-refractivity contribution in [2.24, 2.45) is 15.2 Å². The molecule has 1 aliphatic heterocycles. The van der Waals surface area contributed by atoms with E-state index in [2.05, 4.69) is 62.6 Å². The van der Waals surface area contributed by atoms with E-state index in [-0.39, 0.29) is 12.8 Å². The summed E-state index contributed by atoms with van der Waals surface area (Å²) in [5, 5.41) is 9.42. The normalized spacial score (nSPS) is 18.2. The smallest absolute Gasteiger partial charge is 0.176 e. The maximum Gasteiger partial charge on any atom is 0.176 e. The zero-order chi connectivity index (χ0) is 28.8. The van der Waals surface area contributed by atoms with E-state index in [1.54, 1.807) is 14.1 Å². The summed E-state index contributed by atoms with van der Waals surface area (Å²) in [6.45, 7) is 2.30. The second-order valence-corrected chi connectivity index (χ2v) is 11.3. The van der Waals surface area contributed by atoms with E-state index < -0.39 is 0 Å². The highest BCUT2D eigenvalue weighted by Crippen LogP contribution is 2.42. The second-order valence-electron chi connectivity index (χ2n) is 10.4. The number of fused-ring (bicyclic) bond motifs is 1. The molecular formula is C33H35Cl2FN4O. The van der Waals surface area contributed by atoms with Crippen LogP contribution in [0, 0.1) is 0 Å². The topological polar surface area (TPSA) is 49.6 Å². The van der Waals surface area contributed by atoms with Crippen molar-refractivity contribution < 1.29 is 9.13 Å². The summed E-state index contributed by atoms with van der Waals surface area (Å²) in [7, 11) is 3.39. The minimum absolute atomic E-state index is 0.120. The van der Waals surface area contributed by atoms with Crippen LogP contribution in [0.5, 0.6) is 5.75 Å². The van der Waals surface area contributed by atoms with Crippen LogP contribution < -0.4 is 4.74 Å². The van der Waals surface area contributed by atoms with Crippen LogP contribution in [0.25, 0.3) is 11.1 Å². The molecule has 1 saturated heterocycles. The molecule has 0 radical (unpaired) electrons. The van der Waals surface area contributed by atoms with Crippen molar-refractivity contribution in [3.05, 3.63) is 98.5 Å². The van der Waals surface area contributed by atoms with Gasteiger partial charge in [0, 0.05) is 49.3 Å². The average Bonchev–Trinajstić information content (AvgIpc) is 3.33. The van der Waals surface area contributed by atoms with Crippen molar-refractivity contribution in [1.82, 2.24) is 4.90 Å². The van der Waals surface area contributed by atoms with Crippen molar-refractivity contribution in [3.8, 4) is 5.75 Å². The van der Waals surface area contributed by atoms with Crippen LogP contribution in [0.15, 0.2) is 75.9 Å². The van der Waals surface area contributed by atoms with E-state index in [1.807, 2.05) is 18.2 Å². The molecule has 8 heteroatoms. The van der Waals surface area contributed by atoms with Crippen LogP contribution in [0.1, 0.15) is 53.5 Å². The molecule has 1 unspecified atom stereocenters. The number of azo groups is 1. The Morgan fingerprint density at radius 1 is 1.00 bits per heavy atom. The number of hydrogen-bond acceptors (Lipinski definition) is 4. The fourth-order valence-electron chi connectivity index (χ4n) is 5.86. The standard InChI is InChI=1S/C33H35Cl2FN4O/c1-37-33(39-38-2)24-9-13-28-23(19-24)5-3-6-30(29-14-10-25(34)20-31(29)35)32(28)22-7-11-26(12-8-22)41-27-15-18-40(21-27)17-4-16-36/h7-14,19-20,27H,3-6,15-18,21H2,1-2H3/b37-33-,39-38-. The number of allylic oxidation sites excluding steroid dienone is 1. The van der Waals surface area contributed by atoms with Gasteiger partial charge < -0.3 is 4.74 Å². The third-order valence-corrected chi connectivity index (χ3v) is 8.30. The molecule has 5 rings (SSSR count). The molecular weight excluding hydrogens is 558 g/mol. The maximum atomic E-state index is 12.6. The van der Waals surface area contributed by atoms with E-state index in [0.29, 0.717) is 22.3 Å². The summed E-state index contributed by atoms with van der Waals surface area (Å²) in [4.78, 5) is 6.61. The Morgan fingerprint density at radius 3 is 2.54 bits per heavy atom. The van der Waals surface area contributed by atoms with Gasteiger partial charge in [-0.05, 0) is 95.8 Å². The molecule has 3 aromatic rings. The Bertz CT molecular complexity index is 1470. The number of ether oxygens (including phenoxy) is 1. The average molecular weight is 594 g/mol. The number of halogens is 3. The number of rotatable bonds is 8. The predicted octanol–water partition coefficient (Wildman–Crippen LogP) is 8.56. The van der Waals surface area contributed by atoms with Gasteiger partial charge in [-0.3, -0.25) is 14.3 Å². The highest BCUT2D eigenvalue weighted by molar-refractivity contribution is 6.36. The zero-order valence-corrected chi connectivity index (χ0v) is 25.1. The van der Waals surface area contributed by atoms with Gasteiger partial charge in [0.2, 0.25) is 0 Å². The number of alkyl halides is 1. The molecule has 0 aromatic heterocycles. The molecule has 0 N–H and O–H groups in total. The van der Waals surface area contributed by atoms with Gasteiger partial charge in [0.05, 0.1) is 6.67 Å². The number of hydrogen-bond donors (Lipinski definition) is 0. The Balaban J connectivity index is 1.53. The van der Waals surface area contributed by atoms with Crippen LogP contribution in [0.4, 0.5) is 4.39 Å². The summed E-state index contributed by atoms with van der Waals surface area (Å²) >= 11 is 13.0. The van der Waals surface area contributed by atoms with Gasteiger partial charge in [-0.2, -0.15) is 5.11 Å². The predicted molar refractivity (Wildman–Crippen MR) is 168 cm³/mol. The number of benzene rings is 3. The Kier molecular flexibility index (Phi) is 9.86. The number of aliphatic imine (C=N–C) groups is 1. The van der Waals surface area contributed by atoms with Gasteiger partial charge >= 0.3 is 0 Å². The summed E-state index contributed by atoms with van der Waals surface area (Å²) in [5.41, 5.74) is 7.81. The molecule has 41 heavy (non-hydrogen) atoms. The van der Waals surface area contributed by atoms with E-state index in [1.165, 1.54) is 16.7 Å². The van der Waals surface area contributed by atoms with Crippen LogP contribution in [0.2, 0.25) is 10.0 Å². The maximum absolute atomic E-state index is 12.6. The fourth-order valence-corrected chi connectivity index (χ4v) is 6.38. The minimum Gasteiger partial charge on any atom is -0.489 e. The summed E-state index contributed by atoms with van der Waals surface area (Å²) < 4.78 is 18.9. The fraction of sp³-hybridized carbons (Fsp3) is 0.364. The lowest BCUT2D eigenvalue weighted by atomic mass is 9.87. The van der Waals surface area contributed by atoms with E-state index in [0.717, 1.165) is 73.3 Å². The lowest BCUT2D eigenvalue weighted by molar-refractivity contribution is 0.198. The number of likely N-dealkylation sites (tertiary alicyclic amines) is 1. The summed E-state index contributed by atoms with van der Waals surface area (Å²) in [6.07, 6.45) is 4.42. The molecule has 0 saturated carbocycles. The van der Waals surface area contributed by atoms with E-state index in [9.17, 15) is 4.39 Å². The van der Waals surface area contributed by atoms with Crippen molar-refractivity contribution in [2.45, 2.75) is 38.2 Å². The van der Waals surface area contributed by atoms with Crippen molar-refractivity contribution in [2.75, 3.05) is 40.4 Å². The number of aryl methyl sites for hydroxylation is 1. The largest absolute Gasteiger partial charge is 0.489 e. The lowest BCUT2D eigenvalue weighted by Gasteiger charge is -2.19. The first kappa shape index (κ1) is 29.4. The van der Waals surface area contributed by atoms with Gasteiger partial charge in [-0.25, -0.2) is 0 Å². The Morgan fingerprint density at radius 2 is 1.80 bits per heavy atom. The lowest BCUT2D eigenvalue weighted by Crippen LogP contribution is -2.26. The first-order chi connectivity index (χ1) is 20.0. The van der Waals surface area contributed by atoms with E-state index in [4.69, 9.17) is 27.9 Å². The van der Waals surface area contributed by atoms with E-state index >= 15 is 0 Å². The quantitative estimate of drug-likeness (QED) is 0.149. The van der Waals surface area contributed by atoms with Crippen molar-refractivity contribution >= 4 is 40.2 Å². The second kappa shape index (κ2) is 13.7. The third-order valence-electron chi connectivity index (χ3n) is 7.75. The molecule has 0 spiro atoms.